The van der Waals surface area contributed by atoms with Crippen LogP contribution < -0.4 is 0 Å². The van der Waals surface area contributed by atoms with Crippen LogP contribution in [0.15, 0.2) is 22.7 Å². The molecule has 1 heterocycles. The first kappa shape index (κ1) is 8.54. The topological polar surface area (TPSA) is 12.5 Å². The molecule has 0 radical (unpaired) electrons. The van der Waals surface area contributed by atoms with Crippen molar-refractivity contribution in [2.75, 3.05) is 6.61 Å². The van der Waals surface area contributed by atoms with Crippen molar-refractivity contribution in [3.8, 4) is 0 Å². The molecular formula is C9H8BrClO. The quantitative estimate of drug-likeness (QED) is 0.694. The summed E-state index contributed by atoms with van der Waals surface area (Å²) in [5.41, 5.74) is 1.12. The Bertz CT molecular complexity index is 320. The number of hydrogen-bond acceptors (Lipinski definition) is 1. The number of benzene rings is 1. The Hall–Kier alpha value is -0.0500. The predicted octanol–water partition coefficient (Wildman–Crippen LogP) is 3.35. The van der Waals surface area contributed by atoms with Crippen LogP contribution in [0.2, 0.25) is 5.02 Å². The molecule has 0 aliphatic carbocycles. The van der Waals surface area contributed by atoms with Crippen LogP contribution in [0.4, 0.5) is 0 Å². The molecule has 1 saturated heterocycles. The van der Waals surface area contributed by atoms with Gasteiger partial charge in [0.25, 0.3) is 0 Å². The van der Waals surface area contributed by atoms with E-state index in [0.29, 0.717) is 0 Å². The lowest BCUT2D eigenvalue weighted by atomic mass is 10.0. The number of epoxide rings is 1. The molecule has 1 fully saturated rings. The zero-order valence-electron chi connectivity index (χ0n) is 6.60. The third-order valence-electron chi connectivity index (χ3n) is 2.11. The van der Waals surface area contributed by atoms with Gasteiger partial charge in [-0.05, 0) is 40.5 Å². The Morgan fingerprint density at radius 1 is 1.58 bits per heavy atom. The fraction of sp³-hybridized carbons (Fsp3) is 0.333. The van der Waals surface area contributed by atoms with Gasteiger partial charge in [0.15, 0.2) is 0 Å². The van der Waals surface area contributed by atoms with Crippen molar-refractivity contribution in [2.45, 2.75) is 12.5 Å². The van der Waals surface area contributed by atoms with Crippen molar-refractivity contribution in [1.82, 2.24) is 0 Å². The summed E-state index contributed by atoms with van der Waals surface area (Å²) in [5, 5.41) is 0.739. The van der Waals surface area contributed by atoms with E-state index >= 15 is 0 Å². The highest BCUT2D eigenvalue weighted by atomic mass is 79.9. The maximum atomic E-state index is 5.86. The van der Waals surface area contributed by atoms with Gasteiger partial charge in [-0.2, -0.15) is 0 Å². The summed E-state index contributed by atoms with van der Waals surface area (Å²) in [6.07, 6.45) is 0. The van der Waals surface area contributed by atoms with Gasteiger partial charge in [0, 0.05) is 4.47 Å². The van der Waals surface area contributed by atoms with Gasteiger partial charge < -0.3 is 4.74 Å². The Morgan fingerprint density at radius 3 is 2.75 bits per heavy atom. The predicted molar refractivity (Wildman–Crippen MR) is 52.5 cm³/mol. The largest absolute Gasteiger partial charge is 0.365 e. The summed E-state index contributed by atoms with van der Waals surface area (Å²) >= 11 is 9.24. The van der Waals surface area contributed by atoms with Crippen LogP contribution >= 0.6 is 27.5 Å². The third kappa shape index (κ3) is 1.39. The second kappa shape index (κ2) is 2.72. The molecular weight excluding hydrogens is 239 g/mol. The van der Waals surface area contributed by atoms with Gasteiger partial charge in [0.1, 0.15) is 5.60 Å². The fourth-order valence-electron chi connectivity index (χ4n) is 1.10. The maximum Gasteiger partial charge on any atom is 0.114 e. The maximum absolute atomic E-state index is 5.86. The van der Waals surface area contributed by atoms with E-state index in [1.54, 1.807) is 0 Å². The fourth-order valence-corrected chi connectivity index (χ4v) is 1.60. The number of hydrogen-bond donors (Lipinski definition) is 0. The Kier molecular flexibility index (Phi) is 1.94. The normalized spacial score (nSPS) is 27.2. The zero-order valence-corrected chi connectivity index (χ0v) is 8.95. The van der Waals surface area contributed by atoms with Crippen molar-refractivity contribution in [2.24, 2.45) is 0 Å². The van der Waals surface area contributed by atoms with E-state index in [1.165, 1.54) is 5.56 Å². The monoisotopic (exact) mass is 246 g/mol. The van der Waals surface area contributed by atoms with Gasteiger partial charge in [0.2, 0.25) is 0 Å². The van der Waals surface area contributed by atoms with Crippen LogP contribution in [0.1, 0.15) is 12.5 Å². The second-order valence-corrected chi connectivity index (χ2v) is 4.41. The highest BCUT2D eigenvalue weighted by molar-refractivity contribution is 9.10. The van der Waals surface area contributed by atoms with E-state index < -0.39 is 0 Å². The molecule has 0 bridgehead atoms. The zero-order chi connectivity index (χ0) is 8.77. The van der Waals surface area contributed by atoms with Crippen LogP contribution in [0.5, 0.6) is 0 Å². The summed E-state index contributed by atoms with van der Waals surface area (Å²) < 4.78 is 6.24. The van der Waals surface area contributed by atoms with E-state index in [4.69, 9.17) is 16.3 Å². The molecule has 0 N–H and O–H groups in total. The van der Waals surface area contributed by atoms with Crippen LogP contribution in [0.3, 0.4) is 0 Å². The van der Waals surface area contributed by atoms with E-state index in [0.717, 1.165) is 16.1 Å². The first-order chi connectivity index (χ1) is 5.62. The summed E-state index contributed by atoms with van der Waals surface area (Å²) in [7, 11) is 0. The molecule has 1 unspecified atom stereocenters. The highest BCUT2D eigenvalue weighted by Gasteiger charge is 2.41. The van der Waals surface area contributed by atoms with Gasteiger partial charge in [-0.3, -0.25) is 0 Å². The van der Waals surface area contributed by atoms with Crippen molar-refractivity contribution >= 4 is 27.5 Å². The summed E-state index contributed by atoms with van der Waals surface area (Å²) in [6, 6.07) is 5.89. The summed E-state index contributed by atoms with van der Waals surface area (Å²) in [6.45, 7) is 2.88. The minimum absolute atomic E-state index is 0.0624. The lowest BCUT2D eigenvalue weighted by Gasteiger charge is -2.06. The van der Waals surface area contributed by atoms with Crippen molar-refractivity contribution in [1.29, 1.82) is 0 Å². The van der Waals surface area contributed by atoms with Gasteiger partial charge in [-0.25, -0.2) is 0 Å². The first-order valence-corrected chi connectivity index (χ1v) is 4.88. The summed E-state index contributed by atoms with van der Waals surface area (Å²) in [5.74, 6) is 0. The molecule has 1 atom stereocenters. The molecule has 64 valence electrons. The van der Waals surface area contributed by atoms with Gasteiger partial charge in [-0.1, -0.05) is 17.7 Å². The first-order valence-electron chi connectivity index (χ1n) is 3.71. The SMILES string of the molecule is CC1(c2ccc(Cl)c(Br)c2)CO1. The van der Waals surface area contributed by atoms with Crippen molar-refractivity contribution < 1.29 is 4.74 Å². The smallest absolute Gasteiger partial charge is 0.114 e. The molecule has 0 spiro atoms. The summed E-state index contributed by atoms with van der Waals surface area (Å²) in [4.78, 5) is 0. The van der Waals surface area contributed by atoms with Crippen LogP contribution in [-0.2, 0) is 10.3 Å². The molecule has 0 aromatic heterocycles. The van der Waals surface area contributed by atoms with Gasteiger partial charge in [-0.15, -0.1) is 0 Å². The van der Waals surface area contributed by atoms with Gasteiger partial charge >= 0.3 is 0 Å². The molecule has 3 heteroatoms. The lowest BCUT2D eigenvalue weighted by molar-refractivity contribution is 0.329. The van der Waals surface area contributed by atoms with Crippen LogP contribution in [0, 0.1) is 0 Å². The van der Waals surface area contributed by atoms with E-state index in [2.05, 4.69) is 22.9 Å². The van der Waals surface area contributed by atoms with E-state index in [-0.39, 0.29) is 5.60 Å². The highest BCUT2D eigenvalue weighted by Crippen LogP contribution is 2.39. The molecule has 1 aromatic rings. The molecule has 1 aliphatic rings. The number of halogens is 2. The average molecular weight is 248 g/mol. The van der Waals surface area contributed by atoms with Gasteiger partial charge in [0.05, 0.1) is 11.6 Å². The molecule has 0 amide bonds. The molecule has 12 heavy (non-hydrogen) atoms. The van der Waals surface area contributed by atoms with E-state index in [1.807, 2.05) is 18.2 Å². The van der Waals surface area contributed by atoms with Crippen molar-refractivity contribution in [3.63, 3.8) is 0 Å². The number of ether oxygens (including phenoxy) is 1. The second-order valence-electron chi connectivity index (χ2n) is 3.15. The van der Waals surface area contributed by atoms with Crippen molar-refractivity contribution in [3.05, 3.63) is 33.3 Å². The van der Waals surface area contributed by atoms with Crippen LogP contribution in [0.25, 0.3) is 0 Å². The minimum Gasteiger partial charge on any atom is -0.365 e. The molecule has 1 aliphatic heterocycles. The molecule has 0 saturated carbocycles. The minimum atomic E-state index is -0.0624. The Morgan fingerprint density at radius 2 is 2.25 bits per heavy atom. The Balaban J connectivity index is 2.41. The van der Waals surface area contributed by atoms with Crippen LogP contribution in [-0.4, -0.2) is 6.61 Å². The third-order valence-corrected chi connectivity index (χ3v) is 3.32. The standard InChI is InChI=1S/C9H8BrClO/c1-9(5-12-9)6-2-3-8(11)7(10)4-6/h2-4H,5H2,1H3. The lowest BCUT2D eigenvalue weighted by Crippen LogP contribution is -2.01. The molecule has 1 nitrogen and oxygen atoms in total. The van der Waals surface area contributed by atoms with E-state index in [9.17, 15) is 0 Å². The molecule has 2 rings (SSSR count). The molecule has 1 aromatic carbocycles. The number of rotatable bonds is 1. The Labute approximate surface area is 84.8 Å². The average Bonchev–Trinajstić information content (AvgIpc) is 2.75.